The lowest BCUT2D eigenvalue weighted by Gasteiger charge is -2.33. The molecule has 25 heavy (non-hydrogen) atoms. The molecule has 0 unspecified atom stereocenters. The number of sulfonamides is 1. The van der Waals surface area contributed by atoms with Gasteiger partial charge in [-0.25, -0.2) is 12.7 Å². The van der Waals surface area contributed by atoms with Crippen LogP contribution in [0.4, 0.5) is 0 Å². The van der Waals surface area contributed by atoms with E-state index < -0.39 is 10.0 Å². The summed E-state index contributed by atoms with van der Waals surface area (Å²) in [5, 5.41) is 3.15. The summed E-state index contributed by atoms with van der Waals surface area (Å²) >= 11 is 0. The maximum atomic E-state index is 12.6. The fourth-order valence-electron chi connectivity index (χ4n) is 3.84. The van der Waals surface area contributed by atoms with E-state index in [1.807, 2.05) is 30.3 Å². The van der Waals surface area contributed by atoms with Gasteiger partial charge in [-0.15, -0.1) is 0 Å². The van der Waals surface area contributed by atoms with Crippen LogP contribution in [0.5, 0.6) is 0 Å². The number of benzene rings is 1. The van der Waals surface area contributed by atoms with Crippen molar-refractivity contribution in [3.8, 4) is 0 Å². The summed E-state index contributed by atoms with van der Waals surface area (Å²) in [6, 6.07) is 9.40. The average Bonchev–Trinajstić information content (AvgIpc) is 2.63. The monoisotopic (exact) mass is 364 g/mol. The van der Waals surface area contributed by atoms with Crippen molar-refractivity contribution >= 4 is 15.9 Å². The summed E-state index contributed by atoms with van der Waals surface area (Å²) in [6.07, 6.45) is 6.93. The molecule has 1 aromatic carbocycles. The molecule has 1 aliphatic heterocycles. The largest absolute Gasteiger partial charge is 0.353 e. The Bertz CT molecular complexity index is 661. The van der Waals surface area contributed by atoms with Crippen molar-refractivity contribution in [2.75, 3.05) is 13.1 Å². The maximum absolute atomic E-state index is 12.6. The third-order valence-corrected chi connectivity index (χ3v) is 7.21. The number of piperidine rings is 1. The van der Waals surface area contributed by atoms with Gasteiger partial charge >= 0.3 is 0 Å². The molecule has 1 saturated carbocycles. The number of rotatable bonds is 5. The molecule has 0 spiro atoms. The van der Waals surface area contributed by atoms with Gasteiger partial charge in [0.15, 0.2) is 0 Å². The second-order valence-electron chi connectivity index (χ2n) is 7.26. The van der Waals surface area contributed by atoms with E-state index in [2.05, 4.69) is 5.32 Å². The first kappa shape index (κ1) is 18.4. The Kier molecular flexibility index (Phi) is 6.12. The van der Waals surface area contributed by atoms with Crippen LogP contribution in [0.3, 0.4) is 0 Å². The van der Waals surface area contributed by atoms with Crippen molar-refractivity contribution in [1.29, 1.82) is 0 Å². The van der Waals surface area contributed by atoms with Gasteiger partial charge in [-0.2, -0.15) is 0 Å². The van der Waals surface area contributed by atoms with Crippen LogP contribution in [0.2, 0.25) is 0 Å². The van der Waals surface area contributed by atoms with Crippen LogP contribution < -0.4 is 5.32 Å². The Balaban J connectivity index is 1.48. The molecule has 1 aliphatic carbocycles. The molecule has 1 amide bonds. The van der Waals surface area contributed by atoms with Gasteiger partial charge in [0, 0.05) is 25.0 Å². The van der Waals surface area contributed by atoms with Crippen molar-refractivity contribution in [3.63, 3.8) is 0 Å². The SMILES string of the molecule is O=C(NC1CCN(S(=O)(=O)Cc2ccccc2)CC1)C1CCCCC1. The molecule has 2 fully saturated rings. The molecule has 138 valence electrons. The highest BCUT2D eigenvalue weighted by Gasteiger charge is 2.30. The third kappa shape index (κ3) is 5.05. The molecule has 2 aliphatic rings. The van der Waals surface area contributed by atoms with Crippen LogP contribution in [-0.4, -0.2) is 37.8 Å². The van der Waals surface area contributed by atoms with Gasteiger partial charge in [0.05, 0.1) is 5.75 Å². The third-order valence-electron chi connectivity index (χ3n) is 5.36. The summed E-state index contributed by atoms with van der Waals surface area (Å²) in [5.74, 6) is 0.381. The fraction of sp³-hybridized carbons (Fsp3) is 0.632. The molecule has 1 N–H and O–H groups in total. The topological polar surface area (TPSA) is 66.5 Å². The molecule has 1 saturated heterocycles. The van der Waals surface area contributed by atoms with E-state index in [1.54, 1.807) is 4.31 Å². The number of carbonyl (C=O) groups excluding carboxylic acids is 1. The number of hydrogen-bond acceptors (Lipinski definition) is 3. The van der Waals surface area contributed by atoms with Crippen LogP contribution in [0, 0.1) is 5.92 Å². The van der Waals surface area contributed by atoms with Crippen LogP contribution in [-0.2, 0) is 20.6 Å². The average molecular weight is 365 g/mol. The van der Waals surface area contributed by atoms with Gasteiger partial charge in [-0.05, 0) is 31.2 Å². The minimum atomic E-state index is -3.29. The van der Waals surface area contributed by atoms with Gasteiger partial charge in [-0.1, -0.05) is 49.6 Å². The Morgan fingerprint density at radius 2 is 1.64 bits per heavy atom. The lowest BCUT2D eigenvalue weighted by Crippen LogP contribution is -2.48. The van der Waals surface area contributed by atoms with E-state index >= 15 is 0 Å². The normalized spacial score (nSPS) is 21.1. The molecular formula is C19H28N2O3S. The summed E-state index contributed by atoms with van der Waals surface area (Å²) in [4.78, 5) is 12.3. The lowest BCUT2D eigenvalue weighted by atomic mass is 9.88. The van der Waals surface area contributed by atoms with E-state index in [4.69, 9.17) is 0 Å². The van der Waals surface area contributed by atoms with Crippen molar-refractivity contribution in [2.24, 2.45) is 5.92 Å². The highest BCUT2D eigenvalue weighted by molar-refractivity contribution is 7.88. The van der Waals surface area contributed by atoms with E-state index in [0.717, 1.165) is 31.2 Å². The number of carbonyl (C=O) groups is 1. The summed E-state index contributed by atoms with van der Waals surface area (Å²) in [6.45, 7) is 0.982. The first-order chi connectivity index (χ1) is 12.0. The lowest BCUT2D eigenvalue weighted by molar-refractivity contribution is -0.126. The van der Waals surface area contributed by atoms with E-state index in [-0.39, 0.29) is 23.6 Å². The molecular weight excluding hydrogens is 336 g/mol. The van der Waals surface area contributed by atoms with Gasteiger partial charge < -0.3 is 5.32 Å². The Morgan fingerprint density at radius 1 is 1.00 bits per heavy atom. The number of hydrogen-bond donors (Lipinski definition) is 1. The number of amides is 1. The van der Waals surface area contributed by atoms with Gasteiger partial charge in [0.1, 0.15) is 0 Å². The zero-order valence-corrected chi connectivity index (χ0v) is 15.5. The molecule has 3 rings (SSSR count). The summed E-state index contributed by atoms with van der Waals surface area (Å²) in [7, 11) is -3.29. The van der Waals surface area contributed by atoms with Gasteiger partial charge in [0.25, 0.3) is 0 Å². The first-order valence-corrected chi connectivity index (χ1v) is 11.0. The molecule has 6 heteroatoms. The maximum Gasteiger partial charge on any atom is 0.223 e. The number of nitrogens with zero attached hydrogens (tertiary/aromatic N) is 1. The zero-order chi connectivity index (χ0) is 17.7. The second-order valence-corrected chi connectivity index (χ2v) is 9.23. The molecule has 0 atom stereocenters. The zero-order valence-electron chi connectivity index (χ0n) is 14.7. The van der Waals surface area contributed by atoms with E-state index in [0.29, 0.717) is 25.9 Å². The summed E-state index contributed by atoms with van der Waals surface area (Å²) in [5.41, 5.74) is 0.815. The van der Waals surface area contributed by atoms with Crippen molar-refractivity contribution < 1.29 is 13.2 Å². The van der Waals surface area contributed by atoms with E-state index in [1.165, 1.54) is 6.42 Å². The molecule has 0 radical (unpaired) electrons. The van der Waals surface area contributed by atoms with E-state index in [9.17, 15) is 13.2 Å². The van der Waals surface area contributed by atoms with Crippen LogP contribution in [0.1, 0.15) is 50.5 Å². The quantitative estimate of drug-likeness (QED) is 0.873. The number of nitrogens with one attached hydrogen (secondary N) is 1. The minimum absolute atomic E-state index is 0.0486. The summed E-state index contributed by atoms with van der Waals surface area (Å²) < 4.78 is 26.7. The molecule has 1 aromatic rings. The Labute approximate surface area is 150 Å². The second kappa shape index (κ2) is 8.32. The predicted octanol–water partition coefficient (Wildman–Crippen LogP) is 2.68. The van der Waals surface area contributed by atoms with Crippen molar-refractivity contribution in [1.82, 2.24) is 9.62 Å². The van der Waals surface area contributed by atoms with Crippen LogP contribution in [0.25, 0.3) is 0 Å². The minimum Gasteiger partial charge on any atom is -0.353 e. The molecule has 0 bridgehead atoms. The fourth-order valence-corrected chi connectivity index (χ4v) is 5.40. The predicted molar refractivity (Wildman–Crippen MR) is 98.4 cm³/mol. The smallest absolute Gasteiger partial charge is 0.223 e. The van der Waals surface area contributed by atoms with Crippen LogP contribution in [0.15, 0.2) is 30.3 Å². The van der Waals surface area contributed by atoms with Gasteiger partial charge in [0.2, 0.25) is 15.9 Å². The highest BCUT2D eigenvalue weighted by atomic mass is 32.2. The van der Waals surface area contributed by atoms with Crippen molar-refractivity contribution in [3.05, 3.63) is 35.9 Å². The highest BCUT2D eigenvalue weighted by Crippen LogP contribution is 2.24. The molecule has 5 nitrogen and oxygen atoms in total. The first-order valence-electron chi connectivity index (χ1n) is 9.37. The van der Waals surface area contributed by atoms with Crippen LogP contribution >= 0.6 is 0 Å². The van der Waals surface area contributed by atoms with Gasteiger partial charge in [-0.3, -0.25) is 4.79 Å². The molecule has 1 heterocycles. The molecule has 0 aromatic heterocycles. The Hall–Kier alpha value is -1.40. The van der Waals surface area contributed by atoms with Crippen molar-refractivity contribution in [2.45, 2.75) is 56.7 Å². The standard InChI is InChI=1S/C19H28N2O3S/c22-19(17-9-5-2-6-10-17)20-18-11-13-21(14-12-18)25(23,24)15-16-7-3-1-4-8-16/h1,3-4,7-8,17-18H,2,5-6,9-15H2,(H,20,22). The Morgan fingerprint density at radius 3 is 2.28 bits per heavy atom.